The van der Waals surface area contributed by atoms with Crippen LogP contribution < -0.4 is 16.2 Å². The van der Waals surface area contributed by atoms with Crippen molar-refractivity contribution in [1.29, 1.82) is 0 Å². The number of halogens is 3. The van der Waals surface area contributed by atoms with Crippen LogP contribution in [0.5, 0.6) is 5.75 Å². The molecule has 0 aliphatic rings. The monoisotopic (exact) mass is 377 g/mol. The maximum absolute atomic E-state index is 13.6. The number of nitrogen functional groups attached to an aromatic ring is 2. The first-order chi connectivity index (χ1) is 12.7. The number of pyridine rings is 1. The maximum Gasteiger partial charge on any atom is 0.417 e. The van der Waals surface area contributed by atoms with Crippen molar-refractivity contribution in [2.75, 3.05) is 18.1 Å². The number of nitrogens with zero attached hydrogens (tertiary/aromatic N) is 3. The van der Waals surface area contributed by atoms with E-state index in [9.17, 15) is 13.2 Å². The van der Waals surface area contributed by atoms with Crippen LogP contribution >= 0.6 is 0 Å². The quantitative estimate of drug-likeness (QED) is 0.714. The summed E-state index contributed by atoms with van der Waals surface area (Å²) in [5, 5.41) is 0.452. The lowest BCUT2D eigenvalue weighted by Crippen LogP contribution is -2.10. The molecule has 0 saturated carbocycles. The lowest BCUT2D eigenvalue weighted by molar-refractivity contribution is -0.137. The summed E-state index contributed by atoms with van der Waals surface area (Å²) < 4.78 is 46.4. The van der Waals surface area contributed by atoms with Gasteiger partial charge in [0, 0.05) is 0 Å². The zero-order chi connectivity index (χ0) is 19.8. The third kappa shape index (κ3) is 3.57. The fraction of sp³-hybridized carbons (Fsp3) is 0.278. The Labute approximate surface area is 153 Å². The van der Waals surface area contributed by atoms with E-state index in [4.69, 9.17) is 16.2 Å². The molecule has 0 aliphatic carbocycles. The van der Waals surface area contributed by atoms with E-state index in [2.05, 4.69) is 15.0 Å². The van der Waals surface area contributed by atoms with E-state index in [-0.39, 0.29) is 41.0 Å². The Balaban J connectivity index is 2.32. The molecule has 0 unspecified atom stereocenters. The lowest BCUT2D eigenvalue weighted by Gasteiger charge is -2.18. The van der Waals surface area contributed by atoms with Crippen molar-refractivity contribution >= 4 is 22.8 Å². The average molecular weight is 377 g/mol. The topological polar surface area (TPSA) is 99.9 Å². The molecule has 4 N–H and O–H groups in total. The molecule has 2 aromatic heterocycles. The van der Waals surface area contributed by atoms with Crippen molar-refractivity contribution in [1.82, 2.24) is 15.0 Å². The van der Waals surface area contributed by atoms with Gasteiger partial charge in [-0.15, -0.1) is 0 Å². The van der Waals surface area contributed by atoms with Crippen molar-refractivity contribution in [3.05, 3.63) is 35.4 Å². The number of aryl methyl sites for hydroxylation is 1. The molecule has 27 heavy (non-hydrogen) atoms. The van der Waals surface area contributed by atoms with Gasteiger partial charge in [0.1, 0.15) is 11.6 Å². The molecule has 0 spiro atoms. The molecule has 0 saturated heterocycles. The molecule has 3 aromatic rings. The first-order valence-corrected chi connectivity index (χ1v) is 8.26. The predicted molar refractivity (Wildman–Crippen MR) is 97.1 cm³/mol. The fourth-order valence-electron chi connectivity index (χ4n) is 2.86. The minimum absolute atomic E-state index is 0.0801. The zero-order valence-electron chi connectivity index (χ0n) is 14.8. The second-order valence-electron chi connectivity index (χ2n) is 6.01. The average Bonchev–Trinajstić information content (AvgIpc) is 2.57. The molecule has 0 bridgehead atoms. The van der Waals surface area contributed by atoms with Crippen LogP contribution in [-0.2, 0) is 6.18 Å². The molecular formula is C18H18F3N5O. The SMILES string of the molecule is CCCOc1cccc(C(F)(F)F)c1-c1cc(C)c2c(N)nc(N)nc2n1. The number of ether oxygens (including phenoxy) is 1. The number of hydrogen-bond acceptors (Lipinski definition) is 6. The molecule has 3 rings (SSSR count). The number of hydrogen-bond donors (Lipinski definition) is 2. The molecule has 6 nitrogen and oxygen atoms in total. The minimum atomic E-state index is -4.57. The van der Waals surface area contributed by atoms with Crippen LogP contribution in [0.25, 0.3) is 22.3 Å². The number of nitrogens with two attached hydrogens (primary N) is 2. The second-order valence-corrected chi connectivity index (χ2v) is 6.01. The van der Waals surface area contributed by atoms with Crippen molar-refractivity contribution in [3.63, 3.8) is 0 Å². The fourth-order valence-corrected chi connectivity index (χ4v) is 2.86. The van der Waals surface area contributed by atoms with E-state index in [0.717, 1.165) is 6.07 Å². The van der Waals surface area contributed by atoms with Crippen LogP contribution in [0.2, 0.25) is 0 Å². The second kappa shape index (κ2) is 6.90. The Morgan fingerprint density at radius 1 is 1.11 bits per heavy atom. The van der Waals surface area contributed by atoms with Gasteiger partial charge in [0.15, 0.2) is 5.65 Å². The molecule has 0 atom stereocenters. The van der Waals surface area contributed by atoms with Crippen LogP contribution in [0, 0.1) is 6.92 Å². The van der Waals surface area contributed by atoms with Gasteiger partial charge in [-0.1, -0.05) is 13.0 Å². The molecule has 142 valence electrons. The first-order valence-electron chi connectivity index (χ1n) is 8.26. The van der Waals surface area contributed by atoms with E-state index in [1.54, 1.807) is 6.92 Å². The number of anilines is 2. The number of fused-ring (bicyclic) bond motifs is 1. The lowest BCUT2D eigenvalue weighted by atomic mass is 10.00. The summed E-state index contributed by atoms with van der Waals surface area (Å²) in [5.41, 5.74) is 11.3. The summed E-state index contributed by atoms with van der Waals surface area (Å²) in [6.45, 7) is 3.85. The van der Waals surface area contributed by atoms with Gasteiger partial charge in [0.2, 0.25) is 5.95 Å². The summed E-state index contributed by atoms with van der Waals surface area (Å²) in [6, 6.07) is 5.31. The molecule has 0 radical (unpaired) electrons. The van der Waals surface area contributed by atoms with Crippen LogP contribution in [0.1, 0.15) is 24.5 Å². The van der Waals surface area contributed by atoms with Crippen LogP contribution in [0.15, 0.2) is 24.3 Å². The van der Waals surface area contributed by atoms with Crippen molar-refractivity contribution in [3.8, 4) is 17.0 Å². The smallest absolute Gasteiger partial charge is 0.417 e. The Morgan fingerprint density at radius 2 is 1.85 bits per heavy atom. The van der Waals surface area contributed by atoms with E-state index < -0.39 is 11.7 Å². The van der Waals surface area contributed by atoms with Gasteiger partial charge in [-0.05, 0) is 37.1 Å². The predicted octanol–water partition coefficient (Wildman–Crippen LogP) is 3.97. The highest BCUT2D eigenvalue weighted by molar-refractivity contribution is 5.91. The Hall–Kier alpha value is -3.10. The highest BCUT2D eigenvalue weighted by atomic mass is 19.4. The van der Waals surface area contributed by atoms with Crippen molar-refractivity contribution in [2.45, 2.75) is 26.4 Å². The maximum atomic E-state index is 13.6. The van der Waals surface area contributed by atoms with Gasteiger partial charge in [0.25, 0.3) is 0 Å². The van der Waals surface area contributed by atoms with E-state index in [1.807, 2.05) is 6.92 Å². The van der Waals surface area contributed by atoms with Gasteiger partial charge in [0.05, 0.1) is 28.8 Å². The number of benzene rings is 1. The summed E-state index contributed by atoms with van der Waals surface area (Å²) in [7, 11) is 0. The number of aromatic nitrogens is 3. The normalized spacial score (nSPS) is 11.7. The molecule has 0 aliphatic heterocycles. The van der Waals surface area contributed by atoms with Gasteiger partial charge < -0.3 is 16.2 Å². The van der Waals surface area contributed by atoms with Crippen LogP contribution in [0.4, 0.5) is 24.9 Å². The summed E-state index contributed by atoms with van der Waals surface area (Å²) in [4.78, 5) is 12.2. The molecule has 0 amide bonds. The number of alkyl halides is 3. The Bertz CT molecular complexity index is 1000. The zero-order valence-corrected chi connectivity index (χ0v) is 14.8. The van der Waals surface area contributed by atoms with Gasteiger partial charge in [-0.2, -0.15) is 23.1 Å². The third-order valence-corrected chi connectivity index (χ3v) is 3.96. The first kappa shape index (κ1) is 18.7. The van der Waals surface area contributed by atoms with E-state index >= 15 is 0 Å². The molecule has 9 heteroatoms. The Kier molecular flexibility index (Phi) is 4.77. The van der Waals surface area contributed by atoms with Crippen LogP contribution in [0.3, 0.4) is 0 Å². The molecule has 2 heterocycles. The summed E-state index contributed by atoms with van der Waals surface area (Å²) in [5.74, 6) is 0.129. The standard InChI is InChI=1S/C18H18F3N5O/c1-3-7-27-12-6-4-5-10(18(19,20)21)14(12)11-8-9(2)13-15(22)25-17(23)26-16(13)24-11/h4-6,8H,3,7H2,1-2H3,(H4,22,23,24,25,26). The Morgan fingerprint density at radius 3 is 2.52 bits per heavy atom. The van der Waals surface area contributed by atoms with Gasteiger partial charge in [-0.3, -0.25) is 0 Å². The van der Waals surface area contributed by atoms with Crippen molar-refractivity contribution in [2.24, 2.45) is 0 Å². The number of rotatable bonds is 4. The molecule has 0 fully saturated rings. The highest BCUT2D eigenvalue weighted by Crippen LogP contribution is 2.42. The largest absolute Gasteiger partial charge is 0.493 e. The van der Waals surface area contributed by atoms with Gasteiger partial charge in [-0.25, -0.2) is 4.98 Å². The third-order valence-electron chi connectivity index (χ3n) is 3.96. The van der Waals surface area contributed by atoms with Crippen molar-refractivity contribution < 1.29 is 17.9 Å². The summed E-state index contributed by atoms with van der Waals surface area (Å²) >= 11 is 0. The van der Waals surface area contributed by atoms with E-state index in [1.165, 1.54) is 18.2 Å². The summed E-state index contributed by atoms with van der Waals surface area (Å²) in [6.07, 6.45) is -3.92. The van der Waals surface area contributed by atoms with E-state index in [0.29, 0.717) is 17.4 Å². The minimum Gasteiger partial charge on any atom is -0.493 e. The van der Waals surface area contributed by atoms with Crippen LogP contribution in [-0.4, -0.2) is 21.6 Å². The molecule has 1 aromatic carbocycles. The van der Waals surface area contributed by atoms with Gasteiger partial charge >= 0.3 is 6.18 Å². The highest BCUT2D eigenvalue weighted by Gasteiger charge is 2.35. The molecular weight excluding hydrogens is 359 g/mol.